The third-order valence-electron chi connectivity index (χ3n) is 5.89. The van der Waals surface area contributed by atoms with Gasteiger partial charge in [-0.3, -0.25) is 14.7 Å². The number of benzene rings is 2. The molecule has 0 saturated carbocycles. The van der Waals surface area contributed by atoms with E-state index in [1.54, 1.807) is 24.5 Å². The van der Waals surface area contributed by atoms with E-state index in [0.717, 1.165) is 25.2 Å². The molecule has 0 spiro atoms. The van der Waals surface area contributed by atoms with Crippen LogP contribution in [0.15, 0.2) is 79.1 Å². The minimum absolute atomic E-state index is 0.0855. The van der Waals surface area contributed by atoms with E-state index in [4.69, 9.17) is 0 Å². The largest absolute Gasteiger partial charge is 0.336 e. The molecule has 1 saturated heterocycles. The summed E-state index contributed by atoms with van der Waals surface area (Å²) in [5.41, 5.74) is 3.90. The Bertz CT molecular complexity index is 1240. The Hall–Kier alpha value is -3.64. The van der Waals surface area contributed by atoms with E-state index in [1.165, 1.54) is 17.7 Å². The molecule has 32 heavy (non-hydrogen) atoms. The topological polar surface area (TPSA) is 49.3 Å². The molecule has 6 heteroatoms. The molecule has 2 aromatic heterocycles. The first-order chi connectivity index (χ1) is 15.7. The van der Waals surface area contributed by atoms with Gasteiger partial charge in [0.2, 0.25) is 0 Å². The maximum absolute atomic E-state index is 14.0. The summed E-state index contributed by atoms with van der Waals surface area (Å²) in [6.07, 6.45) is 3.39. The zero-order valence-electron chi connectivity index (χ0n) is 17.6. The first-order valence-electron chi connectivity index (χ1n) is 10.7. The fourth-order valence-electron chi connectivity index (χ4n) is 4.17. The molecule has 0 atom stereocenters. The highest BCUT2D eigenvalue weighted by Gasteiger charge is 2.24. The Morgan fingerprint density at radius 2 is 1.66 bits per heavy atom. The van der Waals surface area contributed by atoms with Gasteiger partial charge in [0.25, 0.3) is 5.91 Å². The lowest BCUT2D eigenvalue weighted by atomic mass is 10.0. The molecule has 1 fully saturated rings. The molecule has 5 nitrogen and oxygen atoms in total. The van der Waals surface area contributed by atoms with E-state index >= 15 is 0 Å². The second-order valence-electron chi connectivity index (χ2n) is 8.01. The number of amides is 1. The van der Waals surface area contributed by atoms with Crippen LogP contribution in [-0.4, -0.2) is 51.9 Å². The summed E-state index contributed by atoms with van der Waals surface area (Å²) in [5, 5.41) is 0.541. The summed E-state index contributed by atoms with van der Waals surface area (Å²) in [6, 6.07) is 20.2. The molecule has 0 radical (unpaired) electrons. The smallest absolute Gasteiger partial charge is 0.254 e. The van der Waals surface area contributed by atoms with Crippen molar-refractivity contribution in [1.82, 2.24) is 19.8 Å². The Labute approximate surface area is 186 Å². The highest BCUT2D eigenvalue weighted by Crippen LogP contribution is 2.27. The lowest BCUT2D eigenvalue weighted by molar-refractivity contribution is 0.0630. The molecule has 1 amide bonds. The number of piperazine rings is 1. The van der Waals surface area contributed by atoms with Gasteiger partial charge in [-0.2, -0.15) is 0 Å². The number of fused-ring (bicyclic) bond motifs is 1. The van der Waals surface area contributed by atoms with Crippen LogP contribution in [-0.2, 0) is 6.54 Å². The van der Waals surface area contributed by atoms with Crippen LogP contribution in [0.4, 0.5) is 4.39 Å². The number of pyridine rings is 2. The SMILES string of the molecule is O=C(c1cc(-c2ccncc2)nc2ccc(F)cc12)N1CCN(Cc2ccccc2)CC1. The average Bonchev–Trinajstić information content (AvgIpc) is 2.85. The van der Waals surface area contributed by atoms with Gasteiger partial charge in [-0.25, -0.2) is 9.37 Å². The summed E-state index contributed by atoms with van der Waals surface area (Å²) in [7, 11) is 0. The summed E-state index contributed by atoms with van der Waals surface area (Å²) >= 11 is 0. The second-order valence-corrected chi connectivity index (χ2v) is 8.01. The first-order valence-corrected chi connectivity index (χ1v) is 10.7. The molecule has 0 N–H and O–H groups in total. The molecule has 1 aliphatic heterocycles. The van der Waals surface area contributed by atoms with Gasteiger partial charge in [-0.1, -0.05) is 30.3 Å². The fourth-order valence-corrected chi connectivity index (χ4v) is 4.17. The van der Waals surface area contributed by atoms with Crippen molar-refractivity contribution in [1.29, 1.82) is 0 Å². The predicted molar refractivity (Wildman–Crippen MR) is 123 cm³/mol. The van der Waals surface area contributed by atoms with Crippen molar-refractivity contribution in [3.63, 3.8) is 0 Å². The van der Waals surface area contributed by atoms with Crippen molar-refractivity contribution in [3.05, 3.63) is 96.1 Å². The molecular formula is C26H23FN4O. The van der Waals surface area contributed by atoms with Gasteiger partial charge in [0, 0.05) is 56.1 Å². The predicted octanol–water partition coefficient (Wildman–Crippen LogP) is 4.39. The molecule has 4 aromatic rings. The quantitative estimate of drug-likeness (QED) is 0.486. The first kappa shape index (κ1) is 20.3. The van der Waals surface area contributed by atoms with E-state index in [2.05, 4.69) is 27.0 Å². The number of hydrogen-bond donors (Lipinski definition) is 0. The highest BCUT2D eigenvalue weighted by atomic mass is 19.1. The minimum Gasteiger partial charge on any atom is -0.336 e. The van der Waals surface area contributed by atoms with Crippen LogP contribution >= 0.6 is 0 Å². The highest BCUT2D eigenvalue weighted by molar-refractivity contribution is 6.07. The molecule has 0 aliphatic carbocycles. The Kier molecular flexibility index (Phi) is 5.60. The maximum atomic E-state index is 14.0. The zero-order valence-corrected chi connectivity index (χ0v) is 17.6. The summed E-state index contributed by atoms with van der Waals surface area (Å²) in [4.78, 5) is 26.4. The number of aromatic nitrogens is 2. The van der Waals surface area contributed by atoms with Crippen LogP contribution in [0.2, 0.25) is 0 Å². The summed E-state index contributed by atoms with van der Waals surface area (Å²) in [6.45, 7) is 3.74. The second kappa shape index (κ2) is 8.85. The van der Waals surface area contributed by atoms with Crippen molar-refractivity contribution in [2.45, 2.75) is 6.54 Å². The number of rotatable bonds is 4. The number of halogens is 1. The molecule has 160 valence electrons. The molecule has 3 heterocycles. The lowest BCUT2D eigenvalue weighted by Crippen LogP contribution is -2.48. The number of nitrogens with zero attached hydrogens (tertiary/aromatic N) is 4. The Morgan fingerprint density at radius 3 is 2.41 bits per heavy atom. The van der Waals surface area contributed by atoms with E-state index in [9.17, 15) is 9.18 Å². The van der Waals surface area contributed by atoms with Gasteiger partial charge in [0.15, 0.2) is 0 Å². The van der Waals surface area contributed by atoms with Crippen molar-refractivity contribution in [2.24, 2.45) is 0 Å². The van der Waals surface area contributed by atoms with Gasteiger partial charge in [0.1, 0.15) is 5.82 Å². The lowest BCUT2D eigenvalue weighted by Gasteiger charge is -2.35. The summed E-state index contributed by atoms with van der Waals surface area (Å²) < 4.78 is 14.0. The monoisotopic (exact) mass is 426 g/mol. The van der Waals surface area contributed by atoms with E-state index in [1.807, 2.05) is 35.2 Å². The number of carbonyl (C=O) groups is 1. The zero-order chi connectivity index (χ0) is 21.9. The van der Waals surface area contributed by atoms with E-state index in [0.29, 0.717) is 35.2 Å². The fraction of sp³-hybridized carbons (Fsp3) is 0.192. The van der Waals surface area contributed by atoms with Gasteiger partial charge < -0.3 is 4.90 Å². The van der Waals surface area contributed by atoms with Crippen LogP contribution in [0.3, 0.4) is 0 Å². The normalized spacial score (nSPS) is 14.6. The van der Waals surface area contributed by atoms with Crippen molar-refractivity contribution in [3.8, 4) is 11.3 Å². The summed E-state index contributed by atoms with van der Waals surface area (Å²) in [5.74, 6) is -0.463. The maximum Gasteiger partial charge on any atom is 0.254 e. The van der Waals surface area contributed by atoms with Gasteiger partial charge in [-0.15, -0.1) is 0 Å². The average molecular weight is 426 g/mol. The van der Waals surface area contributed by atoms with Crippen LogP contribution in [0, 0.1) is 5.82 Å². The molecule has 0 unspecified atom stereocenters. The van der Waals surface area contributed by atoms with E-state index < -0.39 is 0 Å². The van der Waals surface area contributed by atoms with Crippen LogP contribution in [0.25, 0.3) is 22.2 Å². The molecule has 5 rings (SSSR count). The van der Waals surface area contributed by atoms with Crippen molar-refractivity contribution < 1.29 is 9.18 Å². The Balaban J connectivity index is 1.41. The third-order valence-corrected chi connectivity index (χ3v) is 5.89. The molecule has 0 bridgehead atoms. The standard InChI is InChI=1S/C26H23FN4O/c27-21-6-7-24-22(16-21)23(17-25(29-24)20-8-10-28-11-9-20)26(32)31-14-12-30(13-15-31)18-19-4-2-1-3-5-19/h1-11,16-17H,12-15,18H2. The minimum atomic E-state index is -0.377. The van der Waals surface area contributed by atoms with Gasteiger partial charge in [-0.05, 0) is 42.0 Å². The van der Waals surface area contributed by atoms with Crippen LogP contribution in [0.1, 0.15) is 15.9 Å². The third kappa shape index (κ3) is 4.22. The number of carbonyl (C=O) groups excluding carboxylic acids is 1. The molecule has 2 aromatic carbocycles. The van der Waals surface area contributed by atoms with Crippen molar-refractivity contribution >= 4 is 16.8 Å². The van der Waals surface area contributed by atoms with Crippen LogP contribution in [0.5, 0.6) is 0 Å². The van der Waals surface area contributed by atoms with Crippen molar-refractivity contribution in [2.75, 3.05) is 26.2 Å². The Morgan fingerprint density at radius 1 is 0.906 bits per heavy atom. The number of hydrogen-bond acceptors (Lipinski definition) is 4. The van der Waals surface area contributed by atoms with Gasteiger partial charge >= 0.3 is 0 Å². The van der Waals surface area contributed by atoms with Gasteiger partial charge in [0.05, 0.1) is 16.8 Å². The molecular weight excluding hydrogens is 403 g/mol. The van der Waals surface area contributed by atoms with E-state index in [-0.39, 0.29) is 11.7 Å². The molecule has 1 aliphatic rings. The van der Waals surface area contributed by atoms with Crippen LogP contribution < -0.4 is 0 Å².